The van der Waals surface area contributed by atoms with Gasteiger partial charge in [-0.15, -0.1) is 0 Å². The minimum atomic E-state index is 0.318. The molecule has 4 aliphatic rings. The van der Waals surface area contributed by atoms with Crippen LogP contribution < -0.4 is 0 Å². The fraction of sp³-hybridized carbons (Fsp3) is 0.0455. The second-order valence-corrected chi connectivity index (χ2v) is 12.6. The molecule has 0 fully saturated rings. The van der Waals surface area contributed by atoms with E-state index in [-0.39, 0.29) is 0 Å². The van der Waals surface area contributed by atoms with Crippen molar-refractivity contribution in [3.63, 3.8) is 0 Å². The average Bonchev–Trinajstić information content (AvgIpc) is 3.58. The van der Waals surface area contributed by atoms with E-state index >= 15 is 0 Å². The number of rotatable bonds is 4. The number of benzene rings is 4. The number of para-hydroxylation sites is 2. The van der Waals surface area contributed by atoms with Gasteiger partial charge in [-0.05, 0) is 103 Å². The van der Waals surface area contributed by atoms with E-state index in [1.54, 1.807) is 0 Å². The first kappa shape index (κ1) is 26.2. The lowest BCUT2D eigenvalue weighted by atomic mass is 9.62. The van der Waals surface area contributed by atoms with Crippen LogP contribution in [0.4, 0.5) is 0 Å². The van der Waals surface area contributed by atoms with Crippen LogP contribution in [0.3, 0.4) is 0 Å². The van der Waals surface area contributed by atoms with Gasteiger partial charge in [-0.2, -0.15) is 0 Å². The molecule has 0 N–H and O–H groups in total. The molecule has 0 radical (unpaired) electrons. The molecular weight excluding hydrogens is 572 g/mol. The Kier molecular flexibility index (Phi) is 5.70. The van der Waals surface area contributed by atoms with Gasteiger partial charge in [0.1, 0.15) is 5.52 Å². The monoisotopic (exact) mass is 600 g/mol. The zero-order chi connectivity index (χ0) is 30.9. The normalized spacial score (nSPS) is 19.1. The van der Waals surface area contributed by atoms with Crippen molar-refractivity contribution in [1.29, 1.82) is 0 Å². The van der Waals surface area contributed by atoms with Crippen LogP contribution in [-0.4, -0.2) is 9.97 Å². The summed E-state index contributed by atoms with van der Waals surface area (Å²) in [6, 6.07) is 32.1. The molecule has 2 atom stereocenters. The van der Waals surface area contributed by atoms with Gasteiger partial charge in [0.15, 0.2) is 5.58 Å². The molecule has 2 heterocycles. The molecule has 220 valence electrons. The second kappa shape index (κ2) is 10.2. The van der Waals surface area contributed by atoms with Crippen molar-refractivity contribution < 1.29 is 4.42 Å². The van der Waals surface area contributed by atoms with Gasteiger partial charge in [0.2, 0.25) is 5.89 Å². The van der Waals surface area contributed by atoms with E-state index in [9.17, 15) is 0 Å². The maximum Gasteiger partial charge on any atom is 0.227 e. The van der Waals surface area contributed by atoms with Crippen molar-refractivity contribution >= 4 is 27.4 Å². The largest absolute Gasteiger partial charge is 0.436 e. The van der Waals surface area contributed by atoms with E-state index in [0.717, 1.165) is 44.1 Å². The van der Waals surface area contributed by atoms with Crippen molar-refractivity contribution in [2.75, 3.05) is 0 Å². The third-order valence-electron chi connectivity index (χ3n) is 9.98. The highest BCUT2D eigenvalue weighted by molar-refractivity contribution is 6.05. The molecule has 6 aromatic rings. The fourth-order valence-electron chi connectivity index (χ4n) is 7.85. The number of oxazole rings is 1. The standard InChI is InChI=1S/C44H28N2O/c1-2-13-36-35(12-1)34(19-20-38(36)44-46-40-15-3-4-16-41(40)47-44)32-22-31(30-11-7-21-45-26-30)23-33(24-32)39-25-29-10-5-8-27-17-18-28-9-6-14-37(39)43(28)42(27)29/h1-26,42-43H. The molecule has 2 unspecified atom stereocenters. The summed E-state index contributed by atoms with van der Waals surface area (Å²) < 4.78 is 6.24. The summed E-state index contributed by atoms with van der Waals surface area (Å²) >= 11 is 0. The van der Waals surface area contributed by atoms with Gasteiger partial charge in [0, 0.05) is 35.4 Å². The Labute approximate surface area is 272 Å². The van der Waals surface area contributed by atoms with Crippen LogP contribution in [0.25, 0.3) is 61.2 Å². The van der Waals surface area contributed by atoms with E-state index in [1.807, 2.05) is 42.7 Å². The molecule has 10 rings (SSSR count). The van der Waals surface area contributed by atoms with Crippen LogP contribution >= 0.6 is 0 Å². The van der Waals surface area contributed by atoms with Crippen LogP contribution in [0.15, 0.2) is 185 Å². The van der Waals surface area contributed by atoms with Crippen LogP contribution in [-0.2, 0) is 0 Å². The average molecular weight is 601 g/mol. The fourth-order valence-corrected chi connectivity index (χ4v) is 7.85. The number of hydrogen-bond donors (Lipinski definition) is 0. The Morgan fingerprint density at radius 2 is 1.32 bits per heavy atom. The van der Waals surface area contributed by atoms with E-state index < -0.39 is 0 Å². The Balaban J connectivity index is 1.19. The van der Waals surface area contributed by atoms with Gasteiger partial charge in [-0.3, -0.25) is 4.98 Å². The molecule has 3 heteroatoms. The number of nitrogens with zero attached hydrogens (tertiary/aromatic N) is 2. The lowest BCUT2D eigenvalue weighted by Crippen LogP contribution is -2.29. The van der Waals surface area contributed by atoms with Crippen molar-refractivity contribution in [2.24, 2.45) is 11.8 Å². The van der Waals surface area contributed by atoms with Crippen LogP contribution in [0.5, 0.6) is 0 Å². The van der Waals surface area contributed by atoms with Crippen molar-refractivity contribution in [1.82, 2.24) is 9.97 Å². The molecule has 0 spiro atoms. The van der Waals surface area contributed by atoms with E-state index in [2.05, 4.69) is 120 Å². The molecule has 3 nitrogen and oxygen atoms in total. The second-order valence-electron chi connectivity index (χ2n) is 12.6. The lowest BCUT2D eigenvalue weighted by Gasteiger charge is -2.41. The molecule has 4 aromatic carbocycles. The number of aromatic nitrogens is 2. The topological polar surface area (TPSA) is 38.9 Å². The number of pyridine rings is 1. The molecular formula is C44H28N2O. The Bertz CT molecular complexity index is 2480. The quantitative estimate of drug-likeness (QED) is 0.202. The maximum atomic E-state index is 6.24. The van der Waals surface area contributed by atoms with Gasteiger partial charge in [0.05, 0.1) is 0 Å². The summed E-state index contributed by atoms with van der Waals surface area (Å²) in [5.41, 5.74) is 15.2. The first-order valence-corrected chi connectivity index (χ1v) is 16.1. The molecule has 0 saturated heterocycles. The number of hydrogen-bond acceptors (Lipinski definition) is 3. The van der Waals surface area contributed by atoms with Crippen LogP contribution in [0.1, 0.15) is 5.56 Å². The predicted octanol–water partition coefficient (Wildman–Crippen LogP) is 10.9. The van der Waals surface area contributed by atoms with E-state index in [1.165, 1.54) is 39.0 Å². The highest BCUT2D eigenvalue weighted by atomic mass is 16.3. The number of fused-ring (bicyclic) bond motifs is 2. The lowest BCUT2D eigenvalue weighted by molar-refractivity contribution is 0.567. The highest BCUT2D eigenvalue weighted by Gasteiger charge is 2.39. The van der Waals surface area contributed by atoms with Crippen molar-refractivity contribution in [3.05, 3.63) is 186 Å². The van der Waals surface area contributed by atoms with E-state index in [0.29, 0.717) is 17.7 Å². The van der Waals surface area contributed by atoms with Crippen LogP contribution in [0, 0.1) is 11.8 Å². The molecule has 4 aliphatic carbocycles. The summed E-state index contributed by atoms with van der Waals surface area (Å²) in [6.45, 7) is 0. The summed E-state index contributed by atoms with van der Waals surface area (Å²) in [4.78, 5) is 9.32. The zero-order valence-corrected chi connectivity index (χ0v) is 25.5. The highest BCUT2D eigenvalue weighted by Crippen LogP contribution is 2.52. The molecule has 0 bridgehead atoms. The maximum absolute atomic E-state index is 6.24. The SMILES string of the molecule is C1=CC2=CC(c3cc(-c4cccnc4)cc(-c4ccc(-c5nc6ccccc6o5)c5ccccc45)c3)=C3C=CC=C4C=CC(=C1)C2C43. The van der Waals surface area contributed by atoms with Gasteiger partial charge in [0.25, 0.3) is 0 Å². The molecule has 0 saturated carbocycles. The minimum Gasteiger partial charge on any atom is -0.436 e. The smallest absolute Gasteiger partial charge is 0.227 e. The van der Waals surface area contributed by atoms with Gasteiger partial charge in [-0.1, -0.05) is 103 Å². The molecule has 2 aromatic heterocycles. The van der Waals surface area contributed by atoms with Gasteiger partial charge in [-0.25, -0.2) is 4.98 Å². The number of allylic oxidation sites excluding steroid dienone is 14. The summed E-state index contributed by atoms with van der Waals surface area (Å²) in [5.74, 6) is 1.32. The minimum absolute atomic E-state index is 0.318. The third kappa shape index (κ3) is 4.13. The molecule has 0 amide bonds. The third-order valence-corrected chi connectivity index (χ3v) is 9.98. The Hall–Kier alpha value is -6.06. The summed E-state index contributed by atoms with van der Waals surface area (Å²) in [7, 11) is 0. The van der Waals surface area contributed by atoms with Gasteiger partial charge >= 0.3 is 0 Å². The first-order chi connectivity index (χ1) is 23.3. The first-order valence-electron chi connectivity index (χ1n) is 16.1. The Morgan fingerprint density at radius 3 is 2.17 bits per heavy atom. The van der Waals surface area contributed by atoms with E-state index in [4.69, 9.17) is 9.40 Å². The van der Waals surface area contributed by atoms with Gasteiger partial charge < -0.3 is 4.42 Å². The van der Waals surface area contributed by atoms with Crippen molar-refractivity contribution in [3.8, 4) is 33.7 Å². The van der Waals surface area contributed by atoms with Crippen LogP contribution in [0.2, 0.25) is 0 Å². The summed E-state index contributed by atoms with van der Waals surface area (Å²) in [5, 5.41) is 2.27. The summed E-state index contributed by atoms with van der Waals surface area (Å²) in [6.07, 6.45) is 24.4. The zero-order valence-electron chi connectivity index (χ0n) is 25.5. The van der Waals surface area contributed by atoms with Crippen molar-refractivity contribution in [2.45, 2.75) is 0 Å². The Morgan fingerprint density at radius 1 is 0.574 bits per heavy atom. The predicted molar refractivity (Wildman–Crippen MR) is 191 cm³/mol. The molecule has 47 heavy (non-hydrogen) atoms. The molecule has 0 aliphatic heterocycles.